The van der Waals surface area contributed by atoms with Gasteiger partial charge in [0, 0.05) is 18.8 Å². The molecule has 11 nitrogen and oxygen atoms in total. The van der Waals surface area contributed by atoms with E-state index in [4.69, 9.17) is 19.3 Å². The number of esters is 2. The fraction of sp³-hybridized carbons (Fsp3) is 0.806. The molecule has 12 heteroatoms. The van der Waals surface area contributed by atoms with Crippen LogP contribution < -0.4 is 0 Å². The van der Waals surface area contributed by atoms with Crippen LogP contribution in [-0.2, 0) is 28.2 Å². The molecule has 250 valence electrons. The zero-order chi connectivity index (χ0) is 32.1. The maximum atomic E-state index is 12.3. The number of phosphoric ester groups is 1. The van der Waals surface area contributed by atoms with E-state index in [9.17, 15) is 29.5 Å². The Kier molecular flexibility index (Phi) is 21.0. The first-order valence-electron chi connectivity index (χ1n) is 15.9. The first kappa shape index (κ1) is 39.4. The molecule has 0 amide bonds. The summed E-state index contributed by atoms with van der Waals surface area (Å²) in [4.78, 5) is 42.5. The van der Waals surface area contributed by atoms with Gasteiger partial charge in [0.15, 0.2) is 6.10 Å². The molecule has 0 unspecified atom stereocenters. The largest absolute Gasteiger partial charge is 0.469 e. The summed E-state index contributed by atoms with van der Waals surface area (Å²) < 4.78 is 26.0. The van der Waals surface area contributed by atoms with Crippen LogP contribution in [0.3, 0.4) is 0 Å². The quantitative estimate of drug-likeness (QED) is 0.0423. The average Bonchev–Trinajstić information content (AvgIpc) is 3.21. The number of carbonyl (C=O) groups is 2. The summed E-state index contributed by atoms with van der Waals surface area (Å²) in [6.07, 6.45) is 15.0. The standard InChI is InChI=1S/C31H55O11P/c1-3-5-7-8-9-10-12-18-31(36)42-25(23-41-43(37,38)39)22-40-30(35)17-14-13-16-26-27(29(34)21-28(26)33)20-19-24(32)15-11-6-4-2/h13-14,19-20,24-29,32-34H,3-12,15-18,21-23H2,1-2H3,(H2,37,38,39)/b14-13-,20-19+/t24-,25-,26+,27-,28+,29-/m1/s1. The van der Waals surface area contributed by atoms with Gasteiger partial charge in [0.25, 0.3) is 0 Å². The van der Waals surface area contributed by atoms with E-state index in [1.54, 1.807) is 24.3 Å². The minimum Gasteiger partial charge on any atom is -0.461 e. The van der Waals surface area contributed by atoms with E-state index in [2.05, 4.69) is 18.4 Å². The Morgan fingerprint density at radius 1 is 0.884 bits per heavy atom. The second-order valence-electron chi connectivity index (χ2n) is 11.4. The normalized spacial score (nSPS) is 22.3. The molecular weight excluding hydrogens is 579 g/mol. The van der Waals surface area contributed by atoms with Gasteiger partial charge in [-0.25, -0.2) is 4.57 Å². The lowest BCUT2D eigenvalue weighted by molar-refractivity contribution is -0.160. The van der Waals surface area contributed by atoms with Crippen molar-refractivity contribution in [2.24, 2.45) is 11.8 Å². The highest BCUT2D eigenvalue weighted by molar-refractivity contribution is 7.46. The summed E-state index contributed by atoms with van der Waals surface area (Å²) in [5, 5.41) is 31.0. The molecule has 1 saturated carbocycles. The van der Waals surface area contributed by atoms with Crippen LogP contribution in [0.15, 0.2) is 24.3 Å². The van der Waals surface area contributed by atoms with Crippen LogP contribution in [0.1, 0.15) is 110 Å². The maximum Gasteiger partial charge on any atom is 0.469 e. The first-order valence-corrected chi connectivity index (χ1v) is 17.4. The van der Waals surface area contributed by atoms with Crippen LogP contribution in [0.4, 0.5) is 0 Å². The molecule has 1 fully saturated rings. The highest BCUT2D eigenvalue weighted by Gasteiger charge is 2.39. The summed E-state index contributed by atoms with van der Waals surface area (Å²) in [5.74, 6) is -1.79. The Morgan fingerprint density at radius 2 is 1.53 bits per heavy atom. The predicted molar refractivity (Wildman–Crippen MR) is 163 cm³/mol. The smallest absolute Gasteiger partial charge is 0.461 e. The van der Waals surface area contributed by atoms with Crippen molar-refractivity contribution in [3.63, 3.8) is 0 Å². The topological polar surface area (TPSA) is 180 Å². The number of phosphoric acid groups is 1. The molecule has 0 heterocycles. The third-order valence-electron chi connectivity index (χ3n) is 7.58. The Bertz CT molecular complexity index is 872. The molecular formula is C31H55O11P. The number of ether oxygens (including phenoxy) is 2. The Balaban J connectivity index is 2.51. The monoisotopic (exact) mass is 634 g/mol. The number of aliphatic hydroxyl groups is 3. The summed E-state index contributed by atoms with van der Waals surface area (Å²) >= 11 is 0. The lowest BCUT2D eigenvalue weighted by atomic mass is 9.89. The van der Waals surface area contributed by atoms with Crippen LogP contribution in [-0.4, -0.2) is 74.7 Å². The van der Waals surface area contributed by atoms with Crippen LogP contribution in [0.25, 0.3) is 0 Å². The van der Waals surface area contributed by atoms with Gasteiger partial charge in [0.1, 0.15) is 6.61 Å². The zero-order valence-corrected chi connectivity index (χ0v) is 26.8. The Labute approximate surface area is 256 Å². The third kappa shape index (κ3) is 19.4. The van der Waals surface area contributed by atoms with Crippen molar-refractivity contribution in [1.82, 2.24) is 0 Å². The molecule has 1 aliphatic rings. The molecule has 0 aromatic rings. The Morgan fingerprint density at radius 3 is 2.21 bits per heavy atom. The van der Waals surface area contributed by atoms with Gasteiger partial charge in [-0.05, 0) is 25.2 Å². The molecule has 0 radical (unpaired) electrons. The predicted octanol–water partition coefficient (Wildman–Crippen LogP) is 4.88. The number of rotatable bonds is 24. The van der Waals surface area contributed by atoms with Gasteiger partial charge in [0.2, 0.25) is 0 Å². The van der Waals surface area contributed by atoms with Crippen LogP contribution >= 0.6 is 7.82 Å². The first-order chi connectivity index (χ1) is 20.5. The minimum atomic E-state index is -4.81. The van der Waals surface area contributed by atoms with Gasteiger partial charge in [-0.15, -0.1) is 0 Å². The van der Waals surface area contributed by atoms with Gasteiger partial charge in [-0.2, -0.15) is 0 Å². The van der Waals surface area contributed by atoms with Crippen molar-refractivity contribution in [2.45, 2.75) is 135 Å². The molecule has 5 N–H and O–H groups in total. The number of allylic oxidation sites excluding steroid dienone is 1. The van der Waals surface area contributed by atoms with Crippen molar-refractivity contribution in [2.75, 3.05) is 13.2 Å². The van der Waals surface area contributed by atoms with Crippen molar-refractivity contribution < 1.29 is 53.3 Å². The van der Waals surface area contributed by atoms with E-state index in [1.807, 2.05) is 0 Å². The molecule has 0 saturated heterocycles. The molecule has 0 spiro atoms. The van der Waals surface area contributed by atoms with Crippen molar-refractivity contribution in [3.05, 3.63) is 24.3 Å². The van der Waals surface area contributed by atoms with Crippen LogP contribution in [0.2, 0.25) is 0 Å². The number of hydrogen-bond acceptors (Lipinski definition) is 9. The second kappa shape index (κ2) is 22.8. The summed E-state index contributed by atoms with van der Waals surface area (Å²) in [7, 11) is -4.81. The van der Waals surface area contributed by atoms with Crippen LogP contribution in [0, 0.1) is 11.8 Å². The number of hydrogen-bond donors (Lipinski definition) is 5. The second-order valence-corrected chi connectivity index (χ2v) is 12.7. The van der Waals surface area contributed by atoms with E-state index in [-0.39, 0.29) is 31.1 Å². The van der Waals surface area contributed by atoms with E-state index < -0.39 is 57.4 Å². The van der Waals surface area contributed by atoms with Gasteiger partial charge >= 0.3 is 19.8 Å². The number of unbranched alkanes of at least 4 members (excludes halogenated alkanes) is 8. The lowest BCUT2D eigenvalue weighted by Gasteiger charge is -2.19. The minimum absolute atomic E-state index is 0.111. The van der Waals surface area contributed by atoms with E-state index in [0.717, 1.165) is 51.4 Å². The number of aliphatic hydroxyl groups excluding tert-OH is 3. The fourth-order valence-corrected chi connectivity index (χ4v) is 5.47. The highest BCUT2D eigenvalue weighted by Crippen LogP contribution is 2.37. The van der Waals surface area contributed by atoms with E-state index in [0.29, 0.717) is 19.3 Å². The molecule has 0 aromatic heterocycles. The molecule has 6 atom stereocenters. The lowest BCUT2D eigenvalue weighted by Crippen LogP contribution is -2.29. The van der Waals surface area contributed by atoms with Crippen molar-refractivity contribution in [1.29, 1.82) is 0 Å². The van der Waals surface area contributed by atoms with Crippen molar-refractivity contribution in [3.8, 4) is 0 Å². The Hall–Kier alpha value is -1.59. The zero-order valence-electron chi connectivity index (χ0n) is 25.9. The summed E-state index contributed by atoms with van der Waals surface area (Å²) in [6.45, 7) is 3.19. The molecule has 1 aliphatic carbocycles. The van der Waals surface area contributed by atoms with Crippen molar-refractivity contribution >= 4 is 19.8 Å². The number of carbonyl (C=O) groups excluding carboxylic acids is 2. The molecule has 0 bridgehead atoms. The molecule has 1 rings (SSSR count). The van der Waals surface area contributed by atoms with Gasteiger partial charge < -0.3 is 34.6 Å². The average molecular weight is 635 g/mol. The van der Waals surface area contributed by atoms with Gasteiger partial charge in [-0.3, -0.25) is 14.1 Å². The highest BCUT2D eigenvalue weighted by atomic mass is 31.2. The molecule has 0 aromatic carbocycles. The molecule has 43 heavy (non-hydrogen) atoms. The van der Waals surface area contributed by atoms with E-state index in [1.165, 1.54) is 6.42 Å². The fourth-order valence-electron chi connectivity index (χ4n) is 5.11. The summed E-state index contributed by atoms with van der Waals surface area (Å²) in [5.41, 5.74) is 0. The summed E-state index contributed by atoms with van der Waals surface area (Å²) in [6, 6.07) is 0. The molecule has 0 aliphatic heterocycles. The third-order valence-corrected chi connectivity index (χ3v) is 8.06. The van der Waals surface area contributed by atoms with Gasteiger partial charge in [0.05, 0.1) is 31.3 Å². The van der Waals surface area contributed by atoms with Crippen LogP contribution in [0.5, 0.6) is 0 Å². The maximum absolute atomic E-state index is 12.3. The SMILES string of the molecule is CCCCCCCCCC(=O)O[C@H](COC(=O)C/C=C\C[C@H]1[C@@H](/C=C/[C@H](O)CCCCC)[C@H](O)C[C@@H]1O)COP(=O)(O)O. The van der Waals surface area contributed by atoms with E-state index >= 15 is 0 Å². The van der Waals surface area contributed by atoms with Gasteiger partial charge in [-0.1, -0.05) is 95.9 Å².